The van der Waals surface area contributed by atoms with Gasteiger partial charge in [0.05, 0.1) is 4.92 Å². The molecule has 0 aliphatic heterocycles. The van der Waals surface area contributed by atoms with Gasteiger partial charge in [-0.05, 0) is 34.2 Å². The normalized spacial score (nSPS) is 13.0. The number of nitro benzene ring substituents is 1. The number of alkyl carbamates (subject to hydrolysis) is 1. The first-order valence-corrected chi connectivity index (χ1v) is 11.0. The van der Waals surface area contributed by atoms with Gasteiger partial charge in [0.15, 0.2) is 0 Å². The quantitative estimate of drug-likeness (QED) is 0.372. The molecule has 1 atom stereocenters. The van der Waals surface area contributed by atoms with Crippen LogP contribution >= 0.6 is 0 Å². The summed E-state index contributed by atoms with van der Waals surface area (Å²) in [5.74, 6) is -1.40. The number of rotatable bonds is 8. The minimum atomic E-state index is -1.29. The Bertz CT molecular complexity index is 1210. The number of aliphatic carboxylic acids is 1. The van der Waals surface area contributed by atoms with E-state index in [0.717, 1.165) is 22.3 Å². The number of nitrogens with zero attached hydrogens (tertiary/aromatic N) is 1. The molecule has 0 saturated carbocycles. The van der Waals surface area contributed by atoms with Gasteiger partial charge in [-0.1, -0.05) is 67.6 Å². The lowest BCUT2D eigenvalue weighted by Gasteiger charge is -2.17. The Balaban J connectivity index is 1.44. The summed E-state index contributed by atoms with van der Waals surface area (Å²) in [6.45, 7) is 1.86. The van der Waals surface area contributed by atoms with Gasteiger partial charge in [0.25, 0.3) is 5.69 Å². The molecule has 3 aromatic carbocycles. The van der Waals surface area contributed by atoms with Gasteiger partial charge in [0.2, 0.25) is 0 Å². The molecule has 0 spiro atoms. The van der Waals surface area contributed by atoms with Gasteiger partial charge in [-0.15, -0.1) is 0 Å². The number of carboxylic acid groups (broad SMARTS) is 1. The number of aryl methyl sites for hydroxylation is 1. The molecule has 174 valence electrons. The topological polar surface area (TPSA) is 119 Å². The van der Waals surface area contributed by atoms with Crippen molar-refractivity contribution in [2.45, 2.75) is 31.7 Å². The number of ether oxygens (including phenoxy) is 1. The summed E-state index contributed by atoms with van der Waals surface area (Å²) in [5, 5.41) is 23.3. The molecular formula is C26H24N2O6. The second kappa shape index (κ2) is 9.74. The second-order valence-corrected chi connectivity index (χ2v) is 8.14. The molecule has 0 aromatic heterocycles. The van der Waals surface area contributed by atoms with Gasteiger partial charge in [-0.2, -0.15) is 0 Å². The van der Waals surface area contributed by atoms with Crippen molar-refractivity contribution in [1.82, 2.24) is 5.32 Å². The van der Waals surface area contributed by atoms with E-state index < -0.39 is 23.0 Å². The van der Waals surface area contributed by atoms with E-state index >= 15 is 0 Å². The van der Waals surface area contributed by atoms with Crippen LogP contribution in [0, 0.1) is 10.1 Å². The fourth-order valence-corrected chi connectivity index (χ4v) is 4.42. The number of carboxylic acids is 1. The molecule has 0 heterocycles. The Hall–Kier alpha value is -4.20. The fraction of sp³-hybridized carbons (Fsp3) is 0.231. The van der Waals surface area contributed by atoms with Crippen molar-refractivity contribution in [1.29, 1.82) is 0 Å². The van der Waals surface area contributed by atoms with Crippen LogP contribution < -0.4 is 5.32 Å². The van der Waals surface area contributed by atoms with E-state index in [0.29, 0.717) is 17.5 Å². The van der Waals surface area contributed by atoms with Gasteiger partial charge >= 0.3 is 12.1 Å². The SMILES string of the molecule is CCc1ccc(CC(NC(=O)OCC2c3ccccc3-c3ccccc32)C(=O)O)cc1[N+](=O)[O-]. The third-order valence-corrected chi connectivity index (χ3v) is 6.10. The number of hydrogen-bond acceptors (Lipinski definition) is 5. The Morgan fingerprint density at radius 2 is 1.68 bits per heavy atom. The minimum Gasteiger partial charge on any atom is -0.480 e. The van der Waals surface area contributed by atoms with Crippen LogP contribution in [-0.2, 0) is 22.4 Å². The maximum atomic E-state index is 12.5. The number of carbonyl (C=O) groups excluding carboxylic acids is 1. The van der Waals surface area contributed by atoms with Crippen LogP contribution in [0.4, 0.5) is 10.5 Å². The number of benzene rings is 3. The summed E-state index contributed by atoms with van der Waals surface area (Å²) < 4.78 is 5.43. The molecule has 1 unspecified atom stereocenters. The van der Waals surface area contributed by atoms with Gasteiger partial charge < -0.3 is 15.2 Å². The van der Waals surface area contributed by atoms with Gasteiger partial charge in [0, 0.05) is 24.0 Å². The number of nitrogens with one attached hydrogen (secondary N) is 1. The smallest absolute Gasteiger partial charge is 0.407 e. The Kier molecular flexibility index (Phi) is 6.58. The van der Waals surface area contributed by atoms with Crippen LogP contribution in [0.15, 0.2) is 66.7 Å². The molecular weight excluding hydrogens is 436 g/mol. The van der Waals surface area contributed by atoms with E-state index in [-0.39, 0.29) is 24.6 Å². The van der Waals surface area contributed by atoms with Crippen molar-refractivity contribution in [2.24, 2.45) is 0 Å². The highest BCUT2D eigenvalue weighted by molar-refractivity contribution is 5.81. The Labute approximate surface area is 196 Å². The molecule has 0 bridgehead atoms. The highest BCUT2D eigenvalue weighted by Gasteiger charge is 2.30. The van der Waals surface area contributed by atoms with Gasteiger partial charge in [-0.25, -0.2) is 9.59 Å². The number of hydrogen-bond donors (Lipinski definition) is 2. The van der Waals surface area contributed by atoms with E-state index in [1.165, 1.54) is 6.07 Å². The first-order chi connectivity index (χ1) is 16.4. The number of amides is 1. The van der Waals surface area contributed by atoms with Crippen LogP contribution in [0.25, 0.3) is 11.1 Å². The first-order valence-electron chi connectivity index (χ1n) is 11.0. The number of carbonyl (C=O) groups is 2. The molecule has 8 heteroatoms. The highest BCUT2D eigenvalue weighted by atomic mass is 16.6. The van der Waals surface area contributed by atoms with Crippen LogP contribution in [0.3, 0.4) is 0 Å². The monoisotopic (exact) mass is 460 g/mol. The van der Waals surface area contributed by atoms with Gasteiger partial charge in [0.1, 0.15) is 12.6 Å². The van der Waals surface area contributed by atoms with Crippen molar-refractivity contribution in [3.8, 4) is 11.1 Å². The van der Waals surface area contributed by atoms with E-state index in [2.05, 4.69) is 5.32 Å². The summed E-state index contributed by atoms with van der Waals surface area (Å²) in [7, 11) is 0. The molecule has 4 rings (SSSR count). The van der Waals surface area contributed by atoms with E-state index in [1.807, 2.05) is 48.5 Å². The lowest BCUT2D eigenvalue weighted by molar-refractivity contribution is -0.385. The summed E-state index contributed by atoms with van der Waals surface area (Å²) in [4.78, 5) is 35.1. The van der Waals surface area contributed by atoms with Crippen LogP contribution in [0.1, 0.15) is 35.1 Å². The number of fused-ring (bicyclic) bond motifs is 3. The molecule has 1 aliphatic carbocycles. The molecule has 0 fully saturated rings. The standard InChI is InChI=1S/C26H24N2O6/c1-2-17-12-11-16(14-24(17)28(32)33)13-23(25(29)30)27-26(31)34-15-22-20-9-5-3-7-18(20)19-8-4-6-10-21(19)22/h3-12,14,22-23H,2,13,15H2,1H3,(H,27,31)(H,29,30). The van der Waals surface area contributed by atoms with Crippen LogP contribution in [0.5, 0.6) is 0 Å². The van der Waals surface area contributed by atoms with Crippen molar-refractivity contribution in [2.75, 3.05) is 6.61 Å². The van der Waals surface area contributed by atoms with E-state index in [9.17, 15) is 24.8 Å². The second-order valence-electron chi connectivity index (χ2n) is 8.14. The predicted molar refractivity (Wildman–Crippen MR) is 126 cm³/mol. The molecule has 1 amide bonds. The average molecular weight is 460 g/mol. The molecule has 34 heavy (non-hydrogen) atoms. The lowest BCUT2D eigenvalue weighted by atomic mass is 9.98. The van der Waals surface area contributed by atoms with Crippen LogP contribution in [0.2, 0.25) is 0 Å². The molecule has 3 aromatic rings. The third kappa shape index (κ3) is 4.61. The molecule has 0 radical (unpaired) electrons. The fourth-order valence-electron chi connectivity index (χ4n) is 4.42. The zero-order valence-electron chi connectivity index (χ0n) is 18.6. The first kappa shape index (κ1) is 23.0. The predicted octanol–water partition coefficient (Wildman–Crippen LogP) is 4.69. The van der Waals surface area contributed by atoms with Crippen molar-refractivity contribution in [3.05, 3.63) is 99.1 Å². The van der Waals surface area contributed by atoms with Crippen molar-refractivity contribution in [3.63, 3.8) is 0 Å². The number of nitro groups is 1. The summed E-state index contributed by atoms with van der Waals surface area (Å²) in [6.07, 6.45) is -0.477. The molecule has 2 N–H and O–H groups in total. The van der Waals surface area contributed by atoms with Crippen LogP contribution in [-0.4, -0.2) is 34.7 Å². The molecule has 1 aliphatic rings. The zero-order valence-corrected chi connectivity index (χ0v) is 18.6. The third-order valence-electron chi connectivity index (χ3n) is 6.10. The Morgan fingerprint density at radius 3 is 2.24 bits per heavy atom. The molecule has 8 nitrogen and oxygen atoms in total. The Morgan fingerprint density at radius 1 is 1.06 bits per heavy atom. The van der Waals surface area contributed by atoms with E-state index in [4.69, 9.17) is 4.74 Å². The van der Waals surface area contributed by atoms with Crippen molar-refractivity contribution >= 4 is 17.7 Å². The van der Waals surface area contributed by atoms with Crippen molar-refractivity contribution < 1.29 is 24.4 Å². The highest BCUT2D eigenvalue weighted by Crippen LogP contribution is 2.44. The maximum Gasteiger partial charge on any atom is 0.407 e. The lowest BCUT2D eigenvalue weighted by Crippen LogP contribution is -2.42. The molecule has 0 saturated heterocycles. The summed E-state index contributed by atoms with van der Waals surface area (Å²) in [6, 6.07) is 19.1. The minimum absolute atomic E-state index is 0.0584. The maximum absolute atomic E-state index is 12.5. The average Bonchev–Trinajstić information content (AvgIpc) is 3.16. The largest absolute Gasteiger partial charge is 0.480 e. The van der Waals surface area contributed by atoms with E-state index in [1.54, 1.807) is 19.1 Å². The summed E-state index contributed by atoms with van der Waals surface area (Å²) in [5.41, 5.74) is 5.22. The van der Waals surface area contributed by atoms with Gasteiger partial charge in [-0.3, -0.25) is 10.1 Å². The summed E-state index contributed by atoms with van der Waals surface area (Å²) >= 11 is 0. The zero-order chi connectivity index (χ0) is 24.2.